The van der Waals surface area contributed by atoms with E-state index >= 15 is 0 Å². The largest absolute Gasteiger partial charge is 0.313 e. The van der Waals surface area contributed by atoms with E-state index in [-0.39, 0.29) is 0 Å². The van der Waals surface area contributed by atoms with Crippen molar-refractivity contribution in [2.24, 2.45) is 11.3 Å². The molecule has 4 unspecified atom stereocenters. The van der Waals surface area contributed by atoms with Crippen molar-refractivity contribution in [3.8, 4) is 0 Å². The second-order valence-corrected chi connectivity index (χ2v) is 9.18. The van der Waals surface area contributed by atoms with E-state index in [0.29, 0.717) is 5.41 Å². The number of thioether (sulfide) groups is 1. The average molecular weight is 284 g/mol. The third-order valence-electron chi connectivity index (χ3n) is 5.06. The molecule has 2 fully saturated rings. The first kappa shape index (κ1) is 15.7. The van der Waals surface area contributed by atoms with Gasteiger partial charge in [-0.3, -0.25) is 0 Å². The highest BCUT2D eigenvalue weighted by Crippen LogP contribution is 2.44. The van der Waals surface area contributed by atoms with Gasteiger partial charge in [-0.05, 0) is 50.0 Å². The van der Waals surface area contributed by atoms with Gasteiger partial charge in [-0.25, -0.2) is 0 Å². The van der Waals surface area contributed by atoms with E-state index < -0.39 is 0 Å². The molecule has 2 heteroatoms. The first-order valence-electron chi connectivity index (χ1n) is 8.39. The number of hydrogen-bond acceptors (Lipinski definition) is 2. The molecule has 2 saturated carbocycles. The molecule has 0 aromatic heterocycles. The van der Waals surface area contributed by atoms with Gasteiger partial charge in [0.05, 0.1) is 0 Å². The molecule has 1 nitrogen and oxygen atoms in total. The maximum absolute atomic E-state index is 3.75. The van der Waals surface area contributed by atoms with Gasteiger partial charge in [0.1, 0.15) is 0 Å². The summed E-state index contributed by atoms with van der Waals surface area (Å²) >= 11 is 2.33. The van der Waals surface area contributed by atoms with Crippen molar-refractivity contribution in [1.29, 1.82) is 0 Å². The van der Waals surface area contributed by atoms with Crippen LogP contribution < -0.4 is 5.32 Å². The molecule has 0 aromatic rings. The summed E-state index contributed by atoms with van der Waals surface area (Å²) < 4.78 is 0. The summed E-state index contributed by atoms with van der Waals surface area (Å²) in [5.41, 5.74) is 0.559. The summed E-state index contributed by atoms with van der Waals surface area (Å²) in [6.45, 7) is 10.8. The van der Waals surface area contributed by atoms with Crippen LogP contribution in [0.5, 0.6) is 0 Å². The minimum Gasteiger partial charge on any atom is -0.313 e. The summed E-state index contributed by atoms with van der Waals surface area (Å²) in [6.07, 6.45) is 10.0. The molecule has 112 valence electrons. The minimum absolute atomic E-state index is 0.559. The maximum atomic E-state index is 3.75. The van der Waals surface area contributed by atoms with Crippen molar-refractivity contribution in [2.75, 3.05) is 6.54 Å². The molecule has 0 aromatic carbocycles. The van der Waals surface area contributed by atoms with Crippen LogP contribution in [0.15, 0.2) is 0 Å². The molecule has 0 bridgehead atoms. The summed E-state index contributed by atoms with van der Waals surface area (Å²) in [4.78, 5) is 0. The number of rotatable bonds is 4. The fourth-order valence-electron chi connectivity index (χ4n) is 3.91. The molecule has 0 aliphatic heterocycles. The Morgan fingerprint density at radius 2 is 2.00 bits per heavy atom. The molecule has 2 rings (SSSR count). The van der Waals surface area contributed by atoms with Gasteiger partial charge >= 0.3 is 0 Å². The Balaban J connectivity index is 1.92. The van der Waals surface area contributed by atoms with Crippen LogP contribution in [0.4, 0.5) is 0 Å². The van der Waals surface area contributed by atoms with E-state index in [1.165, 1.54) is 44.9 Å². The fraction of sp³-hybridized carbons (Fsp3) is 1.00. The topological polar surface area (TPSA) is 12.0 Å². The highest BCUT2D eigenvalue weighted by Gasteiger charge is 2.36. The Labute approximate surface area is 124 Å². The summed E-state index contributed by atoms with van der Waals surface area (Å²) in [5, 5.41) is 5.53. The van der Waals surface area contributed by atoms with Crippen LogP contribution in [0, 0.1) is 11.3 Å². The minimum atomic E-state index is 0.559. The Bertz CT molecular complexity index is 276. The smallest absolute Gasteiger partial charge is 0.0209 e. The summed E-state index contributed by atoms with van der Waals surface area (Å²) in [5.74, 6) is 0.959. The Morgan fingerprint density at radius 3 is 2.68 bits per heavy atom. The molecule has 2 aliphatic rings. The molecule has 1 N–H and O–H groups in total. The molecule has 0 spiro atoms. The second-order valence-electron chi connectivity index (χ2n) is 7.64. The molecular formula is C17H33NS. The molecule has 0 saturated heterocycles. The molecule has 2 aliphatic carbocycles. The zero-order valence-electron chi connectivity index (χ0n) is 13.4. The van der Waals surface area contributed by atoms with Gasteiger partial charge in [0.25, 0.3) is 0 Å². The van der Waals surface area contributed by atoms with Gasteiger partial charge in [-0.2, -0.15) is 11.8 Å². The standard InChI is InChI=1S/C17H33NS/c1-5-18-15-9-10-17(3,4)12-16(15)19-14-8-6-7-13(2)11-14/h13-16,18H,5-12H2,1-4H3. The summed E-state index contributed by atoms with van der Waals surface area (Å²) in [6, 6.07) is 0.764. The average Bonchev–Trinajstić information content (AvgIpc) is 2.32. The highest BCUT2D eigenvalue weighted by atomic mass is 32.2. The SMILES string of the molecule is CCNC1CCC(C)(C)CC1SC1CCCC(C)C1. The van der Waals surface area contributed by atoms with Crippen LogP contribution in [-0.4, -0.2) is 23.1 Å². The zero-order chi connectivity index (χ0) is 13.9. The van der Waals surface area contributed by atoms with Gasteiger partial charge in [0.2, 0.25) is 0 Å². The van der Waals surface area contributed by atoms with E-state index in [2.05, 4.69) is 44.8 Å². The van der Waals surface area contributed by atoms with Gasteiger partial charge < -0.3 is 5.32 Å². The van der Waals surface area contributed by atoms with Crippen LogP contribution in [0.3, 0.4) is 0 Å². The Morgan fingerprint density at radius 1 is 1.21 bits per heavy atom. The normalized spacial score (nSPS) is 39.2. The number of nitrogens with one attached hydrogen (secondary N) is 1. The molecule has 4 atom stereocenters. The Hall–Kier alpha value is 0.310. The van der Waals surface area contributed by atoms with Crippen molar-refractivity contribution in [3.05, 3.63) is 0 Å². The second kappa shape index (κ2) is 6.85. The first-order chi connectivity index (χ1) is 9.00. The van der Waals surface area contributed by atoms with Gasteiger partial charge in [-0.15, -0.1) is 0 Å². The van der Waals surface area contributed by atoms with E-state index in [1.54, 1.807) is 0 Å². The van der Waals surface area contributed by atoms with Crippen molar-refractivity contribution < 1.29 is 0 Å². The fourth-order valence-corrected chi connectivity index (χ4v) is 6.12. The lowest BCUT2D eigenvalue weighted by atomic mass is 9.75. The van der Waals surface area contributed by atoms with Gasteiger partial charge in [-0.1, -0.05) is 40.5 Å². The first-order valence-corrected chi connectivity index (χ1v) is 9.33. The van der Waals surface area contributed by atoms with Crippen molar-refractivity contribution in [2.45, 2.75) is 89.2 Å². The van der Waals surface area contributed by atoms with Crippen LogP contribution in [-0.2, 0) is 0 Å². The molecule has 0 amide bonds. The van der Waals surface area contributed by atoms with Crippen molar-refractivity contribution >= 4 is 11.8 Å². The monoisotopic (exact) mass is 283 g/mol. The predicted octanol–water partition coefficient (Wildman–Crippen LogP) is 4.86. The summed E-state index contributed by atoms with van der Waals surface area (Å²) in [7, 11) is 0. The van der Waals surface area contributed by atoms with E-state index in [0.717, 1.165) is 29.0 Å². The van der Waals surface area contributed by atoms with Gasteiger partial charge in [0.15, 0.2) is 0 Å². The molecule has 0 heterocycles. The molecule has 0 radical (unpaired) electrons. The molecular weight excluding hydrogens is 250 g/mol. The van der Waals surface area contributed by atoms with Crippen LogP contribution >= 0.6 is 11.8 Å². The van der Waals surface area contributed by atoms with Crippen LogP contribution in [0.25, 0.3) is 0 Å². The lowest BCUT2D eigenvalue weighted by Crippen LogP contribution is -2.45. The molecule has 19 heavy (non-hydrogen) atoms. The van der Waals surface area contributed by atoms with Crippen molar-refractivity contribution in [1.82, 2.24) is 5.32 Å². The maximum Gasteiger partial charge on any atom is 0.0209 e. The quantitative estimate of drug-likeness (QED) is 0.791. The predicted molar refractivity (Wildman–Crippen MR) is 87.9 cm³/mol. The van der Waals surface area contributed by atoms with Crippen molar-refractivity contribution in [3.63, 3.8) is 0 Å². The van der Waals surface area contributed by atoms with Gasteiger partial charge in [0, 0.05) is 16.5 Å². The Kier molecular flexibility index (Phi) is 5.65. The zero-order valence-corrected chi connectivity index (χ0v) is 14.2. The van der Waals surface area contributed by atoms with Crippen LogP contribution in [0.1, 0.15) is 72.6 Å². The van der Waals surface area contributed by atoms with E-state index in [9.17, 15) is 0 Å². The third-order valence-corrected chi connectivity index (χ3v) is 6.71. The number of hydrogen-bond donors (Lipinski definition) is 1. The highest BCUT2D eigenvalue weighted by molar-refractivity contribution is 8.00. The van der Waals surface area contributed by atoms with E-state index in [1.807, 2.05) is 0 Å². The van der Waals surface area contributed by atoms with E-state index in [4.69, 9.17) is 0 Å². The lowest BCUT2D eigenvalue weighted by molar-refractivity contribution is 0.214. The third kappa shape index (κ3) is 4.67. The lowest BCUT2D eigenvalue weighted by Gasteiger charge is -2.43. The van der Waals surface area contributed by atoms with Crippen LogP contribution in [0.2, 0.25) is 0 Å².